The van der Waals surface area contributed by atoms with Gasteiger partial charge in [-0.05, 0) is 30.7 Å². The van der Waals surface area contributed by atoms with Crippen LogP contribution in [0.5, 0.6) is 0 Å². The van der Waals surface area contributed by atoms with Gasteiger partial charge in [-0.1, -0.05) is 18.2 Å². The molecule has 2 amide bonds. The highest BCUT2D eigenvalue weighted by Gasteiger charge is 2.58. The number of benzene rings is 1. The lowest BCUT2D eigenvalue weighted by molar-refractivity contribution is -0.139. The van der Waals surface area contributed by atoms with Gasteiger partial charge in [0.15, 0.2) is 0 Å². The van der Waals surface area contributed by atoms with Gasteiger partial charge in [0.2, 0.25) is 5.91 Å². The van der Waals surface area contributed by atoms with Gasteiger partial charge >= 0.3 is 0 Å². The molecule has 2 aliphatic rings. The van der Waals surface area contributed by atoms with Crippen molar-refractivity contribution in [3.8, 4) is 0 Å². The number of para-hydroxylation sites is 1. The number of carbonyl (C=O) groups is 2. The predicted molar refractivity (Wildman–Crippen MR) is 128 cm³/mol. The van der Waals surface area contributed by atoms with Crippen molar-refractivity contribution >= 4 is 22.7 Å². The molecule has 33 heavy (non-hydrogen) atoms. The molecule has 0 bridgehead atoms. The molecule has 0 saturated carbocycles. The summed E-state index contributed by atoms with van der Waals surface area (Å²) in [6.07, 6.45) is 5.53. The summed E-state index contributed by atoms with van der Waals surface area (Å²) in [7, 11) is 3.64. The summed E-state index contributed by atoms with van der Waals surface area (Å²) >= 11 is 0. The maximum Gasteiger partial charge on any atom is 0.254 e. The van der Waals surface area contributed by atoms with Crippen LogP contribution in [0.1, 0.15) is 22.8 Å². The average molecular weight is 446 g/mol. The summed E-state index contributed by atoms with van der Waals surface area (Å²) < 4.78 is 2.29. The Hall–Kier alpha value is -3.19. The third kappa shape index (κ3) is 3.60. The first-order valence-corrected chi connectivity index (χ1v) is 11.6. The number of nitrogens with zero attached hydrogens (tertiary/aromatic N) is 5. The van der Waals surface area contributed by atoms with Crippen molar-refractivity contribution in [2.75, 3.05) is 40.3 Å². The number of fused-ring (bicyclic) bond motifs is 2. The Balaban J connectivity index is 1.40. The smallest absolute Gasteiger partial charge is 0.254 e. The van der Waals surface area contributed by atoms with Gasteiger partial charge in [-0.2, -0.15) is 0 Å². The van der Waals surface area contributed by atoms with Gasteiger partial charge < -0.3 is 14.4 Å². The number of amides is 2. The lowest BCUT2D eigenvalue weighted by atomic mass is 9.80. The number of hydrogen-bond donors (Lipinski definition) is 0. The summed E-state index contributed by atoms with van der Waals surface area (Å²) in [4.78, 5) is 36.6. The maximum atomic E-state index is 13.5. The first-order valence-electron chi connectivity index (χ1n) is 11.6. The van der Waals surface area contributed by atoms with E-state index < -0.39 is 5.41 Å². The molecule has 0 radical (unpaired) electrons. The summed E-state index contributed by atoms with van der Waals surface area (Å²) in [5.74, 6) is 0.226. The van der Waals surface area contributed by atoms with Crippen LogP contribution in [0.25, 0.3) is 10.9 Å². The van der Waals surface area contributed by atoms with Gasteiger partial charge in [-0.15, -0.1) is 0 Å². The molecule has 0 N–H and O–H groups in total. The number of aromatic nitrogens is 2. The second kappa shape index (κ2) is 8.30. The molecule has 5 rings (SSSR count). The van der Waals surface area contributed by atoms with E-state index >= 15 is 0 Å². The van der Waals surface area contributed by atoms with E-state index in [0.717, 1.165) is 19.6 Å². The van der Waals surface area contributed by atoms with Crippen molar-refractivity contribution in [1.29, 1.82) is 0 Å². The molecule has 1 aromatic carbocycles. The molecule has 3 aromatic rings. The molecular formula is C26H31N5O2. The molecule has 2 aliphatic heterocycles. The number of hydrogen-bond acceptors (Lipinski definition) is 4. The number of rotatable bonds is 5. The van der Waals surface area contributed by atoms with E-state index in [1.54, 1.807) is 29.4 Å². The second-order valence-corrected chi connectivity index (χ2v) is 9.60. The molecular weight excluding hydrogens is 414 g/mol. The second-order valence-electron chi connectivity index (χ2n) is 9.60. The first-order chi connectivity index (χ1) is 15.9. The minimum atomic E-state index is -0.560. The van der Waals surface area contributed by atoms with Crippen LogP contribution in [-0.4, -0.2) is 76.3 Å². The average Bonchev–Trinajstić information content (AvgIpc) is 3.48. The zero-order valence-corrected chi connectivity index (χ0v) is 19.6. The molecule has 2 aromatic heterocycles. The van der Waals surface area contributed by atoms with E-state index in [1.807, 2.05) is 19.0 Å². The van der Waals surface area contributed by atoms with Crippen LogP contribution in [0, 0.1) is 11.3 Å². The van der Waals surface area contributed by atoms with Crippen LogP contribution < -0.4 is 0 Å². The monoisotopic (exact) mass is 445 g/mol. The van der Waals surface area contributed by atoms with Crippen molar-refractivity contribution in [2.24, 2.45) is 11.3 Å². The fourth-order valence-corrected chi connectivity index (χ4v) is 5.82. The first kappa shape index (κ1) is 21.6. The van der Waals surface area contributed by atoms with E-state index in [9.17, 15) is 9.59 Å². The summed E-state index contributed by atoms with van der Waals surface area (Å²) in [5.41, 5.74) is 2.61. The van der Waals surface area contributed by atoms with E-state index in [2.05, 4.69) is 51.8 Å². The van der Waals surface area contributed by atoms with E-state index in [0.29, 0.717) is 25.2 Å². The minimum absolute atomic E-state index is 0.0182. The van der Waals surface area contributed by atoms with Crippen LogP contribution in [0.15, 0.2) is 55.0 Å². The van der Waals surface area contributed by atoms with Crippen LogP contribution >= 0.6 is 0 Å². The van der Waals surface area contributed by atoms with Crippen molar-refractivity contribution in [3.05, 3.63) is 66.1 Å². The molecule has 172 valence electrons. The van der Waals surface area contributed by atoms with Crippen molar-refractivity contribution in [2.45, 2.75) is 20.0 Å². The SMILES string of the molecule is CCn1cc(CN2C[C@@H]3CN(C(=O)c4ccncc4)C[C@]3(C(=O)N(C)C)C2)c2ccccc21. The fraction of sp³-hybridized carbons (Fsp3) is 0.423. The molecule has 4 heterocycles. The molecule has 0 spiro atoms. The lowest BCUT2D eigenvalue weighted by Gasteiger charge is -2.31. The normalized spacial score (nSPS) is 22.6. The van der Waals surface area contributed by atoms with E-state index in [1.165, 1.54) is 16.5 Å². The van der Waals surface area contributed by atoms with Crippen LogP contribution in [0.3, 0.4) is 0 Å². The highest BCUT2D eigenvalue weighted by molar-refractivity contribution is 5.95. The third-order valence-corrected chi connectivity index (χ3v) is 7.33. The Kier molecular flexibility index (Phi) is 5.44. The Morgan fingerprint density at radius 1 is 1.09 bits per heavy atom. The van der Waals surface area contributed by atoms with Crippen molar-refractivity contribution in [1.82, 2.24) is 24.3 Å². The van der Waals surface area contributed by atoms with E-state index in [-0.39, 0.29) is 17.7 Å². The largest absolute Gasteiger partial charge is 0.348 e. The molecule has 7 heteroatoms. The zero-order chi connectivity index (χ0) is 23.2. The highest BCUT2D eigenvalue weighted by atomic mass is 16.2. The summed E-state index contributed by atoms with van der Waals surface area (Å²) in [5, 5.41) is 1.28. The van der Waals surface area contributed by atoms with Gasteiger partial charge in [-0.25, -0.2) is 0 Å². The molecule has 2 saturated heterocycles. The van der Waals surface area contributed by atoms with Crippen molar-refractivity contribution in [3.63, 3.8) is 0 Å². The Morgan fingerprint density at radius 2 is 1.85 bits per heavy atom. The van der Waals surface area contributed by atoms with Gasteiger partial charge in [0.05, 0.1) is 5.41 Å². The molecule has 2 atom stereocenters. The lowest BCUT2D eigenvalue weighted by Crippen LogP contribution is -2.47. The van der Waals surface area contributed by atoms with Crippen LogP contribution in [0.4, 0.5) is 0 Å². The molecule has 7 nitrogen and oxygen atoms in total. The zero-order valence-electron chi connectivity index (χ0n) is 19.6. The molecule has 0 aliphatic carbocycles. The Morgan fingerprint density at radius 3 is 2.58 bits per heavy atom. The fourth-order valence-electron chi connectivity index (χ4n) is 5.82. The minimum Gasteiger partial charge on any atom is -0.348 e. The van der Waals surface area contributed by atoms with Crippen LogP contribution in [-0.2, 0) is 17.9 Å². The summed E-state index contributed by atoms with van der Waals surface area (Å²) in [6, 6.07) is 12.0. The predicted octanol–water partition coefficient (Wildman–Crippen LogP) is 2.72. The van der Waals surface area contributed by atoms with E-state index in [4.69, 9.17) is 0 Å². The molecule has 0 unspecified atom stereocenters. The number of aryl methyl sites for hydroxylation is 1. The third-order valence-electron chi connectivity index (χ3n) is 7.33. The molecule has 2 fully saturated rings. The van der Waals surface area contributed by atoms with Gasteiger partial charge in [0.1, 0.15) is 0 Å². The van der Waals surface area contributed by atoms with Gasteiger partial charge in [-0.3, -0.25) is 19.5 Å². The van der Waals surface area contributed by atoms with Gasteiger partial charge in [0.25, 0.3) is 5.91 Å². The Labute approximate surface area is 194 Å². The van der Waals surface area contributed by atoms with Crippen LogP contribution in [0.2, 0.25) is 0 Å². The van der Waals surface area contributed by atoms with Gasteiger partial charge in [0, 0.05) is 94.3 Å². The number of pyridine rings is 1. The summed E-state index contributed by atoms with van der Waals surface area (Å²) in [6.45, 7) is 6.45. The van der Waals surface area contributed by atoms with Crippen molar-refractivity contribution < 1.29 is 9.59 Å². The maximum absolute atomic E-state index is 13.5. The quantitative estimate of drug-likeness (QED) is 0.606. The number of likely N-dealkylation sites (tertiary alicyclic amines) is 2. The topological polar surface area (TPSA) is 61.7 Å². The highest BCUT2D eigenvalue weighted by Crippen LogP contribution is 2.45. The number of carbonyl (C=O) groups excluding carboxylic acids is 2. The Bertz CT molecular complexity index is 1190. The standard InChI is InChI=1S/C26H31N5O2/c1-4-30-14-20(22-7-5-6-8-23(22)30)13-29-15-21-16-31(24(32)19-9-11-27-12-10-19)18-26(21,17-29)25(33)28(2)3/h5-12,14,21H,4,13,15-18H2,1-3H3/t21-,26-/m1/s1.